The minimum absolute atomic E-state index is 0.223. The van der Waals surface area contributed by atoms with Gasteiger partial charge in [-0.15, -0.1) is 0 Å². The topological polar surface area (TPSA) is 93.0 Å². The van der Waals surface area contributed by atoms with E-state index in [-0.39, 0.29) is 6.61 Å². The molecule has 0 saturated heterocycles. The van der Waals surface area contributed by atoms with Crippen molar-refractivity contribution < 1.29 is 20.4 Å². The SMILES string of the molecule is OC[C@@H]1[C@@H](O)[C@H](O)[C@@H](O)[C@@H]1NC1CCCCC1. The third-order valence-electron chi connectivity index (χ3n) is 4.21. The van der Waals surface area contributed by atoms with Gasteiger partial charge in [0, 0.05) is 18.0 Å². The highest BCUT2D eigenvalue weighted by molar-refractivity contribution is 5.02. The molecule has 0 heterocycles. The van der Waals surface area contributed by atoms with Gasteiger partial charge in [0.1, 0.15) is 6.10 Å². The highest BCUT2D eigenvalue weighted by atomic mass is 16.4. The van der Waals surface area contributed by atoms with Crippen LogP contribution in [0.3, 0.4) is 0 Å². The molecule has 5 atom stereocenters. The third kappa shape index (κ3) is 2.63. The molecule has 0 bridgehead atoms. The number of hydrogen-bond donors (Lipinski definition) is 5. The average molecular weight is 245 g/mol. The van der Waals surface area contributed by atoms with Crippen LogP contribution in [0, 0.1) is 5.92 Å². The van der Waals surface area contributed by atoms with Crippen molar-refractivity contribution in [2.24, 2.45) is 5.92 Å². The molecule has 2 aliphatic carbocycles. The third-order valence-corrected chi connectivity index (χ3v) is 4.21. The molecule has 5 N–H and O–H groups in total. The van der Waals surface area contributed by atoms with Crippen molar-refractivity contribution in [3.8, 4) is 0 Å². The van der Waals surface area contributed by atoms with Crippen molar-refractivity contribution in [2.75, 3.05) is 6.61 Å². The number of aliphatic hydroxyl groups is 4. The zero-order valence-electron chi connectivity index (χ0n) is 10.00. The first-order chi connectivity index (χ1) is 8.15. The fourth-order valence-corrected chi connectivity index (χ4v) is 3.12. The molecular formula is C12H23NO4. The standard InChI is InChI=1S/C12H23NO4/c14-6-8-9(11(16)12(17)10(8)15)13-7-4-2-1-3-5-7/h7-17H,1-6H2/t8-,9+,10+,11-,12-/m0/s1. The minimum atomic E-state index is -1.16. The summed E-state index contributed by atoms with van der Waals surface area (Å²) in [6.07, 6.45) is 2.53. The first-order valence-electron chi connectivity index (χ1n) is 6.56. The molecule has 0 aliphatic heterocycles. The second-order valence-electron chi connectivity index (χ2n) is 5.35. The van der Waals surface area contributed by atoms with Gasteiger partial charge in [0.2, 0.25) is 0 Å². The van der Waals surface area contributed by atoms with E-state index in [1.54, 1.807) is 0 Å². The first-order valence-corrected chi connectivity index (χ1v) is 6.56. The predicted octanol–water partition coefficient (Wildman–Crippen LogP) is -1.02. The molecule has 17 heavy (non-hydrogen) atoms. The number of aliphatic hydroxyl groups excluding tert-OH is 4. The van der Waals surface area contributed by atoms with Crippen molar-refractivity contribution in [2.45, 2.75) is 62.5 Å². The maximum Gasteiger partial charge on any atom is 0.108 e. The lowest BCUT2D eigenvalue weighted by Crippen LogP contribution is -2.49. The molecule has 5 heteroatoms. The Balaban J connectivity index is 1.97. The lowest BCUT2D eigenvalue weighted by molar-refractivity contribution is -0.0313. The Morgan fingerprint density at radius 2 is 1.53 bits per heavy atom. The van der Waals surface area contributed by atoms with Crippen LogP contribution in [0.1, 0.15) is 32.1 Å². The zero-order chi connectivity index (χ0) is 12.4. The Kier molecular flexibility index (Phi) is 4.38. The average Bonchev–Trinajstić information content (AvgIpc) is 2.55. The highest BCUT2D eigenvalue weighted by Crippen LogP contribution is 2.29. The fourth-order valence-electron chi connectivity index (χ4n) is 3.12. The predicted molar refractivity (Wildman–Crippen MR) is 62.4 cm³/mol. The molecule has 0 aromatic carbocycles. The van der Waals surface area contributed by atoms with Gasteiger partial charge >= 0.3 is 0 Å². The van der Waals surface area contributed by atoms with Gasteiger partial charge in [-0.1, -0.05) is 19.3 Å². The van der Waals surface area contributed by atoms with Gasteiger partial charge < -0.3 is 25.7 Å². The van der Waals surface area contributed by atoms with Gasteiger partial charge in [0.05, 0.1) is 18.8 Å². The summed E-state index contributed by atoms with van der Waals surface area (Å²) in [7, 11) is 0. The summed E-state index contributed by atoms with van der Waals surface area (Å²) in [6.45, 7) is -0.223. The Bertz CT molecular complexity index is 245. The lowest BCUT2D eigenvalue weighted by Gasteiger charge is -2.30. The summed E-state index contributed by atoms with van der Waals surface area (Å²) >= 11 is 0. The summed E-state index contributed by atoms with van der Waals surface area (Å²) < 4.78 is 0. The second kappa shape index (κ2) is 5.63. The van der Waals surface area contributed by atoms with E-state index in [9.17, 15) is 20.4 Å². The second-order valence-corrected chi connectivity index (χ2v) is 5.35. The molecule has 0 amide bonds. The van der Waals surface area contributed by atoms with E-state index >= 15 is 0 Å². The maximum atomic E-state index is 9.88. The summed E-state index contributed by atoms with van der Waals surface area (Å²) in [4.78, 5) is 0. The largest absolute Gasteiger partial charge is 0.396 e. The van der Waals surface area contributed by atoms with Crippen LogP contribution >= 0.6 is 0 Å². The van der Waals surface area contributed by atoms with Gasteiger partial charge in [-0.25, -0.2) is 0 Å². The van der Waals surface area contributed by atoms with Gasteiger partial charge in [0.15, 0.2) is 0 Å². The van der Waals surface area contributed by atoms with Crippen LogP contribution in [0.4, 0.5) is 0 Å². The first kappa shape index (κ1) is 13.2. The Hall–Kier alpha value is -0.200. The van der Waals surface area contributed by atoms with Crippen molar-refractivity contribution in [1.82, 2.24) is 5.32 Å². The molecular weight excluding hydrogens is 222 g/mol. The highest BCUT2D eigenvalue weighted by Gasteiger charge is 2.48. The molecule has 0 spiro atoms. The van der Waals surface area contributed by atoms with Gasteiger partial charge in [-0.2, -0.15) is 0 Å². The van der Waals surface area contributed by atoms with Crippen molar-refractivity contribution in [3.05, 3.63) is 0 Å². The molecule has 5 nitrogen and oxygen atoms in total. The Morgan fingerprint density at radius 3 is 2.12 bits per heavy atom. The number of nitrogens with one attached hydrogen (secondary N) is 1. The van der Waals surface area contributed by atoms with Crippen LogP contribution in [0.25, 0.3) is 0 Å². The molecule has 0 unspecified atom stereocenters. The monoisotopic (exact) mass is 245 g/mol. The number of hydrogen-bond acceptors (Lipinski definition) is 5. The van der Waals surface area contributed by atoms with Crippen molar-refractivity contribution in [3.63, 3.8) is 0 Å². The van der Waals surface area contributed by atoms with E-state index in [4.69, 9.17) is 0 Å². The molecule has 2 rings (SSSR count). The van der Waals surface area contributed by atoms with Crippen LogP contribution in [-0.2, 0) is 0 Å². The van der Waals surface area contributed by atoms with Crippen molar-refractivity contribution >= 4 is 0 Å². The normalized spacial score (nSPS) is 44.1. The fraction of sp³-hybridized carbons (Fsp3) is 1.00. The van der Waals surface area contributed by atoms with Gasteiger partial charge in [0.25, 0.3) is 0 Å². The molecule has 2 saturated carbocycles. The molecule has 2 fully saturated rings. The number of rotatable bonds is 3. The Labute approximate surface area is 101 Å². The summed E-state index contributed by atoms with van der Waals surface area (Å²) in [5.41, 5.74) is 0. The minimum Gasteiger partial charge on any atom is -0.396 e. The van der Waals surface area contributed by atoms with E-state index in [0.717, 1.165) is 12.8 Å². The van der Waals surface area contributed by atoms with E-state index in [1.165, 1.54) is 19.3 Å². The summed E-state index contributed by atoms with van der Waals surface area (Å²) in [6, 6.07) is -0.0805. The zero-order valence-corrected chi connectivity index (χ0v) is 10.00. The molecule has 2 aliphatic rings. The molecule has 0 aromatic heterocycles. The van der Waals surface area contributed by atoms with Crippen LogP contribution in [0.5, 0.6) is 0 Å². The summed E-state index contributed by atoms with van der Waals surface area (Å²) in [5, 5.41) is 41.8. The maximum absolute atomic E-state index is 9.88. The van der Waals surface area contributed by atoms with Crippen LogP contribution in [-0.4, -0.2) is 57.4 Å². The van der Waals surface area contributed by atoms with Crippen LogP contribution in [0.2, 0.25) is 0 Å². The molecule has 0 radical (unpaired) electrons. The van der Waals surface area contributed by atoms with E-state index in [0.29, 0.717) is 6.04 Å². The Morgan fingerprint density at radius 1 is 0.882 bits per heavy atom. The quantitative estimate of drug-likeness (QED) is 0.439. The van der Waals surface area contributed by atoms with Gasteiger partial charge in [-0.3, -0.25) is 0 Å². The smallest absolute Gasteiger partial charge is 0.108 e. The van der Waals surface area contributed by atoms with Gasteiger partial charge in [-0.05, 0) is 12.8 Å². The van der Waals surface area contributed by atoms with Crippen LogP contribution in [0.15, 0.2) is 0 Å². The van der Waals surface area contributed by atoms with E-state index in [1.807, 2.05) is 0 Å². The van der Waals surface area contributed by atoms with Crippen LogP contribution < -0.4 is 5.32 Å². The molecule has 100 valence electrons. The summed E-state index contributed by atoms with van der Waals surface area (Å²) in [5.74, 6) is -0.484. The molecule has 0 aromatic rings. The lowest BCUT2D eigenvalue weighted by atomic mass is 9.93. The van der Waals surface area contributed by atoms with E-state index < -0.39 is 30.3 Å². The van der Waals surface area contributed by atoms with E-state index in [2.05, 4.69) is 5.32 Å². The van der Waals surface area contributed by atoms with Crippen molar-refractivity contribution in [1.29, 1.82) is 0 Å².